The molecular weight excluding hydrogens is 324 g/mol. The highest BCUT2D eigenvalue weighted by Crippen LogP contribution is 2.42. The average molecular weight is 363 g/mol. The van der Waals surface area contributed by atoms with Crippen LogP contribution in [0.2, 0.25) is 36.3 Å². The molecule has 1 N–H and O–H groups in total. The Balaban J connectivity index is 2.96. The summed E-state index contributed by atoms with van der Waals surface area (Å²) in [7, 11) is -3.85. The summed E-state index contributed by atoms with van der Waals surface area (Å²) in [5.74, 6) is 0. The molecule has 2 unspecified atom stereocenters. The Labute approximate surface area is 145 Å². The van der Waals surface area contributed by atoms with E-state index in [0.29, 0.717) is 6.61 Å². The van der Waals surface area contributed by atoms with E-state index in [4.69, 9.17) is 13.6 Å². The lowest BCUT2D eigenvalue weighted by atomic mass is 10.2. The van der Waals surface area contributed by atoms with Crippen molar-refractivity contribution in [2.24, 2.45) is 0 Å². The van der Waals surface area contributed by atoms with Crippen LogP contribution in [-0.2, 0) is 13.6 Å². The molecule has 0 radical (unpaired) electrons. The summed E-state index contributed by atoms with van der Waals surface area (Å²) in [6.45, 7) is 22.9. The van der Waals surface area contributed by atoms with Gasteiger partial charge in [0.2, 0.25) is 0 Å². The van der Waals surface area contributed by atoms with E-state index in [1.807, 2.05) is 0 Å². The second-order valence-electron chi connectivity index (χ2n) is 9.81. The van der Waals surface area contributed by atoms with Gasteiger partial charge in [-0.2, -0.15) is 0 Å². The Morgan fingerprint density at radius 1 is 0.913 bits per heavy atom. The molecule has 1 saturated heterocycles. The average Bonchev–Trinajstić information content (AvgIpc) is 2.67. The Morgan fingerprint density at radius 3 is 1.74 bits per heavy atom. The number of rotatable bonds is 5. The molecule has 0 aromatic heterocycles. The molecule has 0 aromatic carbocycles. The largest absolute Gasteiger partial charge is 0.409 e. The first-order chi connectivity index (χ1) is 10.1. The van der Waals surface area contributed by atoms with Crippen molar-refractivity contribution in [1.82, 2.24) is 0 Å². The molecule has 0 saturated carbocycles. The second kappa shape index (κ2) is 6.88. The molecule has 3 atom stereocenters. The van der Waals surface area contributed by atoms with Crippen molar-refractivity contribution in [1.29, 1.82) is 0 Å². The number of aliphatic hydroxyl groups is 1. The maximum absolute atomic E-state index is 9.68. The minimum atomic E-state index is -1.95. The predicted molar refractivity (Wildman–Crippen MR) is 101 cm³/mol. The van der Waals surface area contributed by atoms with Crippen molar-refractivity contribution in [3.8, 4) is 0 Å². The lowest BCUT2D eigenvalue weighted by Gasteiger charge is -2.43. The van der Waals surface area contributed by atoms with Crippen LogP contribution in [0.25, 0.3) is 0 Å². The molecule has 0 bridgehead atoms. The van der Waals surface area contributed by atoms with E-state index in [0.717, 1.165) is 0 Å². The van der Waals surface area contributed by atoms with Crippen LogP contribution in [0.1, 0.15) is 41.5 Å². The van der Waals surface area contributed by atoms with Gasteiger partial charge in [0.05, 0.1) is 19.3 Å². The third-order valence-electron chi connectivity index (χ3n) is 5.88. The topological polar surface area (TPSA) is 47.9 Å². The van der Waals surface area contributed by atoms with Crippen LogP contribution in [0.15, 0.2) is 0 Å². The van der Waals surface area contributed by atoms with Gasteiger partial charge in [-0.15, -0.1) is 0 Å². The number of hydrogen-bond donors (Lipinski definition) is 1. The summed E-state index contributed by atoms with van der Waals surface area (Å²) in [4.78, 5) is 0. The Kier molecular flexibility index (Phi) is 6.38. The van der Waals surface area contributed by atoms with Crippen LogP contribution in [0.4, 0.5) is 0 Å². The van der Waals surface area contributed by atoms with Crippen molar-refractivity contribution in [3.63, 3.8) is 0 Å². The third-order valence-corrected chi connectivity index (χ3v) is 14.9. The molecule has 0 aromatic rings. The highest BCUT2D eigenvalue weighted by Gasteiger charge is 2.49. The first-order valence-electron chi connectivity index (χ1n) is 8.70. The van der Waals surface area contributed by atoms with Gasteiger partial charge < -0.3 is 18.7 Å². The van der Waals surface area contributed by atoms with Gasteiger partial charge in [-0.1, -0.05) is 41.5 Å². The molecule has 0 spiro atoms. The van der Waals surface area contributed by atoms with Gasteiger partial charge in [0, 0.05) is 0 Å². The molecule has 23 heavy (non-hydrogen) atoms. The Hall–Kier alpha value is 0.274. The standard InChI is InChI=1S/C17H38O4Si2/c1-16(2,3)22(7,8)20-14-12-19-13(11-18)15(14)21-23(9,10)17(4,5)6/h13-15,18H,11-12H2,1-10H3/t13-,14?,15?/m1/s1. The van der Waals surface area contributed by atoms with Crippen LogP contribution in [0, 0.1) is 0 Å². The Morgan fingerprint density at radius 2 is 1.35 bits per heavy atom. The lowest BCUT2D eigenvalue weighted by molar-refractivity contribution is 0.00163. The van der Waals surface area contributed by atoms with E-state index >= 15 is 0 Å². The zero-order valence-corrected chi connectivity index (χ0v) is 18.8. The van der Waals surface area contributed by atoms with E-state index < -0.39 is 16.6 Å². The monoisotopic (exact) mass is 362 g/mol. The Bertz CT molecular complexity index is 396. The molecule has 6 heteroatoms. The SMILES string of the molecule is CC(C)(C)[Si](C)(C)OC1CO[C@H](CO)C1O[Si](C)(C)C(C)(C)C. The quantitative estimate of drug-likeness (QED) is 0.746. The molecule has 138 valence electrons. The molecule has 0 amide bonds. The van der Waals surface area contributed by atoms with Gasteiger partial charge in [0.15, 0.2) is 16.6 Å². The fourth-order valence-corrected chi connectivity index (χ4v) is 4.78. The van der Waals surface area contributed by atoms with E-state index in [1.165, 1.54) is 0 Å². The van der Waals surface area contributed by atoms with Crippen molar-refractivity contribution in [3.05, 3.63) is 0 Å². The summed E-state index contributed by atoms with van der Waals surface area (Å²) in [5.41, 5.74) is 0. The van der Waals surface area contributed by atoms with Gasteiger partial charge >= 0.3 is 0 Å². The number of aliphatic hydroxyl groups excluding tert-OH is 1. The van der Waals surface area contributed by atoms with Crippen LogP contribution in [0.3, 0.4) is 0 Å². The minimum absolute atomic E-state index is 0.0172. The maximum atomic E-state index is 9.68. The first-order valence-corrected chi connectivity index (χ1v) is 14.5. The highest BCUT2D eigenvalue weighted by atomic mass is 28.4. The number of hydrogen-bond acceptors (Lipinski definition) is 4. The summed E-state index contributed by atoms with van der Waals surface area (Å²) in [6, 6.07) is 0. The lowest BCUT2D eigenvalue weighted by Crippen LogP contribution is -2.53. The highest BCUT2D eigenvalue weighted by molar-refractivity contribution is 6.74. The van der Waals surface area contributed by atoms with Crippen LogP contribution in [0.5, 0.6) is 0 Å². The van der Waals surface area contributed by atoms with Crippen molar-refractivity contribution in [2.75, 3.05) is 13.2 Å². The molecule has 1 heterocycles. The van der Waals surface area contributed by atoms with E-state index in [9.17, 15) is 5.11 Å². The zero-order chi connectivity index (χ0) is 18.3. The van der Waals surface area contributed by atoms with Crippen LogP contribution < -0.4 is 0 Å². The first kappa shape index (κ1) is 21.3. The van der Waals surface area contributed by atoms with E-state index in [1.54, 1.807) is 0 Å². The molecular formula is C17H38O4Si2. The van der Waals surface area contributed by atoms with Crippen LogP contribution >= 0.6 is 0 Å². The molecule has 1 fully saturated rings. The molecule has 4 nitrogen and oxygen atoms in total. The number of ether oxygens (including phenoxy) is 1. The summed E-state index contributed by atoms with van der Waals surface area (Å²) >= 11 is 0. The third kappa shape index (κ3) is 4.89. The van der Waals surface area contributed by atoms with E-state index in [-0.39, 0.29) is 35.0 Å². The fraction of sp³-hybridized carbons (Fsp3) is 1.00. The summed E-state index contributed by atoms with van der Waals surface area (Å²) in [6.07, 6.45) is -0.531. The summed E-state index contributed by atoms with van der Waals surface area (Å²) < 4.78 is 18.9. The minimum Gasteiger partial charge on any atom is -0.409 e. The smallest absolute Gasteiger partial charge is 0.192 e. The van der Waals surface area contributed by atoms with Gasteiger partial charge in [-0.05, 0) is 36.3 Å². The van der Waals surface area contributed by atoms with Crippen LogP contribution in [-0.4, -0.2) is 53.3 Å². The van der Waals surface area contributed by atoms with Crippen molar-refractivity contribution < 1.29 is 18.7 Å². The molecule has 1 rings (SSSR count). The predicted octanol–water partition coefficient (Wildman–Crippen LogP) is 4.16. The van der Waals surface area contributed by atoms with Gasteiger partial charge in [-0.25, -0.2) is 0 Å². The molecule has 1 aliphatic rings. The zero-order valence-electron chi connectivity index (χ0n) is 16.8. The van der Waals surface area contributed by atoms with E-state index in [2.05, 4.69) is 67.7 Å². The van der Waals surface area contributed by atoms with Gasteiger partial charge in [0.1, 0.15) is 12.2 Å². The molecule has 0 aliphatic carbocycles. The normalized spacial score (nSPS) is 27.5. The maximum Gasteiger partial charge on any atom is 0.192 e. The fourth-order valence-electron chi connectivity index (χ4n) is 2.13. The van der Waals surface area contributed by atoms with Gasteiger partial charge in [0.25, 0.3) is 0 Å². The summed E-state index contributed by atoms with van der Waals surface area (Å²) in [5, 5.41) is 9.95. The van der Waals surface area contributed by atoms with Crippen molar-refractivity contribution >= 4 is 16.6 Å². The molecule has 1 aliphatic heterocycles. The van der Waals surface area contributed by atoms with Gasteiger partial charge in [-0.3, -0.25) is 0 Å². The second-order valence-corrected chi connectivity index (χ2v) is 19.3. The van der Waals surface area contributed by atoms with Crippen molar-refractivity contribution in [2.45, 2.75) is 96.1 Å².